The van der Waals surface area contributed by atoms with E-state index in [1.807, 2.05) is 0 Å². The minimum Gasteiger partial charge on any atom is -0.550 e. The van der Waals surface area contributed by atoms with Crippen molar-refractivity contribution in [3.05, 3.63) is 0 Å². The van der Waals surface area contributed by atoms with Crippen LogP contribution in [0.2, 0.25) is 0 Å². The van der Waals surface area contributed by atoms with Gasteiger partial charge in [-0.1, -0.05) is 291 Å². The molecule has 0 saturated heterocycles. The second-order valence-electron chi connectivity index (χ2n) is 19.8. The van der Waals surface area contributed by atoms with E-state index in [0.29, 0.717) is 0 Å². The third-order valence-corrected chi connectivity index (χ3v) is 12.4. The molecule has 0 amide bonds. The summed E-state index contributed by atoms with van der Waals surface area (Å²) in [6, 6.07) is 0. The van der Waals surface area contributed by atoms with Gasteiger partial charge in [0.2, 0.25) is 0 Å². The van der Waals surface area contributed by atoms with Gasteiger partial charge in [0.1, 0.15) is 0 Å². The van der Waals surface area contributed by atoms with Crippen molar-refractivity contribution in [1.29, 1.82) is 0 Å². The molecule has 0 aromatic heterocycles. The quantitative estimate of drug-likeness (QED) is 0.0528. The van der Waals surface area contributed by atoms with Crippen molar-refractivity contribution in [2.24, 2.45) is 0 Å². The third-order valence-electron chi connectivity index (χ3n) is 12.4. The van der Waals surface area contributed by atoms with Gasteiger partial charge in [-0.2, -0.15) is 0 Å². The van der Waals surface area contributed by atoms with Gasteiger partial charge >= 0.3 is 0 Å². The molecule has 0 N–H and O–H groups in total. The molecule has 0 saturated carbocycles. The van der Waals surface area contributed by atoms with Gasteiger partial charge in [-0.3, -0.25) is 0 Å². The molecule has 0 aliphatic carbocycles. The van der Waals surface area contributed by atoms with Crippen molar-refractivity contribution in [2.75, 3.05) is 0 Å². The van der Waals surface area contributed by atoms with Gasteiger partial charge in [0.05, 0.1) is 0 Å². The van der Waals surface area contributed by atoms with Gasteiger partial charge in [-0.05, 0) is 64.2 Å². The van der Waals surface area contributed by atoms with E-state index in [1.54, 1.807) is 0 Å². The molecule has 0 aliphatic heterocycles. The summed E-state index contributed by atoms with van der Waals surface area (Å²) in [5.74, 6) is -4.55. The van der Waals surface area contributed by atoms with Gasteiger partial charge in [0.15, 0.2) is 0 Å². The van der Waals surface area contributed by atoms with Crippen molar-refractivity contribution in [3.63, 3.8) is 0 Å². The topological polar surface area (TPSA) is 201 Å². The van der Waals surface area contributed by atoms with Crippen LogP contribution in [0.3, 0.4) is 0 Å². The van der Waals surface area contributed by atoms with Crippen molar-refractivity contribution in [1.82, 2.24) is 0 Å². The standard InChI is InChI=1S/5C12H24O2.V/c5*1-2-3-4-5-6-7-8-9-10-11-12(13)14;/h5*2-11H2,1H3,(H,13,14);/p-5. The summed E-state index contributed by atoms with van der Waals surface area (Å²) in [6.07, 6.45) is 55.8. The minimum atomic E-state index is -0.909. The van der Waals surface area contributed by atoms with Crippen LogP contribution in [-0.2, 0) is 42.5 Å². The number of aliphatic carboxylic acids is 5. The summed E-state index contributed by atoms with van der Waals surface area (Å²) in [4.78, 5) is 50.5. The van der Waals surface area contributed by atoms with Gasteiger partial charge in [-0.25, -0.2) is 0 Å². The fraction of sp³-hybridized carbons (Fsp3) is 0.917. The van der Waals surface area contributed by atoms with E-state index in [1.165, 1.54) is 225 Å². The number of unbranched alkanes of at least 4 members (excludes halogenated alkanes) is 40. The number of carbonyl (C=O) groups is 5. The minimum absolute atomic E-state index is 0. The fourth-order valence-corrected chi connectivity index (χ4v) is 7.90. The van der Waals surface area contributed by atoms with E-state index >= 15 is 0 Å². The summed E-state index contributed by atoms with van der Waals surface area (Å²) in [5, 5.41) is 50.5. The van der Waals surface area contributed by atoms with Crippen molar-refractivity contribution in [3.8, 4) is 0 Å². The predicted molar refractivity (Wildman–Crippen MR) is 284 cm³/mol. The van der Waals surface area contributed by atoms with E-state index in [2.05, 4.69) is 34.6 Å². The van der Waals surface area contributed by atoms with Crippen LogP contribution in [0, 0.1) is 0 Å². The van der Waals surface area contributed by atoms with E-state index in [9.17, 15) is 49.5 Å². The van der Waals surface area contributed by atoms with E-state index in [4.69, 9.17) is 0 Å². The van der Waals surface area contributed by atoms with Crippen LogP contribution in [0.1, 0.15) is 356 Å². The summed E-state index contributed by atoms with van der Waals surface area (Å²) < 4.78 is 0. The number of hydrogen-bond acceptors (Lipinski definition) is 10. The summed E-state index contributed by atoms with van der Waals surface area (Å²) in [5.41, 5.74) is 0. The molecule has 0 heterocycles. The molecule has 0 aromatic rings. The molecule has 425 valence electrons. The molecule has 10 nitrogen and oxygen atoms in total. The predicted octanol–water partition coefficient (Wildman–Crippen LogP) is 13.3. The van der Waals surface area contributed by atoms with Crippen molar-refractivity contribution < 1.29 is 68.1 Å². The zero-order valence-corrected chi connectivity index (χ0v) is 48.8. The number of carbonyl (C=O) groups excluding carboxylic acids is 5. The maximum absolute atomic E-state index is 10.1. The zero-order chi connectivity index (χ0) is 53.2. The molecular formula is C60H115O10V-5. The van der Waals surface area contributed by atoms with E-state index < -0.39 is 29.8 Å². The molecular weight excluding hydrogens is 932 g/mol. The van der Waals surface area contributed by atoms with Crippen LogP contribution in [0.4, 0.5) is 0 Å². The average Bonchev–Trinajstić information content (AvgIpc) is 3.32. The van der Waals surface area contributed by atoms with Crippen LogP contribution in [0.15, 0.2) is 0 Å². The van der Waals surface area contributed by atoms with Gasteiger partial charge in [0, 0.05) is 48.4 Å². The Morgan fingerprint density at radius 3 is 0.352 bits per heavy atom. The molecule has 11 heteroatoms. The normalized spacial score (nSPS) is 10.2. The number of rotatable bonds is 50. The second-order valence-corrected chi connectivity index (χ2v) is 19.8. The van der Waals surface area contributed by atoms with Crippen LogP contribution in [0.5, 0.6) is 0 Å². The first-order valence-corrected chi connectivity index (χ1v) is 29.8. The Hall–Kier alpha value is -2.07. The molecule has 0 rings (SSSR count). The first kappa shape index (κ1) is 80.3. The summed E-state index contributed by atoms with van der Waals surface area (Å²) >= 11 is 0. The van der Waals surface area contributed by atoms with Crippen LogP contribution < -0.4 is 25.5 Å². The van der Waals surface area contributed by atoms with Crippen LogP contribution in [-0.4, -0.2) is 29.8 Å². The number of hydrogen-bond donors (Lipinski definition) is 0. The van der Waals surface area contributed by atoms with Crippen molar-refractivity contribution in [2.45, 2.75) is 356 Å². The van der Waals surface area contributed by atoms with E-state index in [-0.39, 0.29) is 50.7 Å². The van der Waals surface area contributed by atoms with Crippen LogP contribution in [0.25, 0.3) is 0 Å². The Labute approximate surface area is 451 Å². The third kappa shape index (κ3) is 105. The molecule has 0 fully saturated rings. The molecule has 0 aliphatic rings. The van der Waals surface area contributed by atoms with Gasteiger partial charge in [0.25, 0.3) is 0 Å². The molecule has 0 atom stereocenters. The molecule has 1 radical (unpaired) electrons. The van der Waals surface area contributed by atoms with Gasteiger partial charge < -0.3 is 49.5 Å². The first-order chi connectivity index (χ1) is 33.9. The van der Waals surface area contributed by atoms with Gasteiger partial charge in [-0.15, -0.1) is 0 Å². The molecule has 0 bridgehead atoms. The molecule has 0 aromatic carbocycles. The fourth-order valence-electron chi connectivity index (χ4n) is 7.90. The molecule has 71 heavy (non-hydrogen) atoms. The zero-order valence-electron chi connectivity index (χ0n) is 47.4. The Kier molecular flexibility index (Phi) is 86.9. The summed E-state index contributed by atoms with van der Waals surface area (Å²) in [6.45, 7) is 11.1. The van der Waals surface area contributed by atoms with E-state index in [0.717, 1.165) is 64.2 Å². The average molecular weight is 1050 g/mol. The number of carboxylic acids is 5. The number of carboxylic acid groups (broad SMARTS) is 5. The monoisotopic (exact) mass is 1050 g/mol. The largest absolute Gasteiger partial charge is 0.550 e. The van der Waals surface area contributed by atoms with Crippen molar-refractivity contribution >= 4 is 29.8 Å². The maximum Gasteiger partial charge on any atom is 0.0414 e. The first-order valence-electron chi connectivity index (χ1n) is 29.8. The Morgan fingerprint density at radius 2 is 0.268 bits per heavy atom. The Bertz CT molecular complexity index is 855. The Morgan fingerprint density at radius 1 is 0.183 bits per heavy atom. The molecule has 0 spiro atoms. The smallest absolute Gasteiger partial charge is 0.0414 e. The SMILES string of the molecule is CCCCCCCCCCCC(=O)[O-].CCCCCCCCCCCC(=O)[O-].CCCCCCCCCCCC(=O)[O-].CCCCCCCCCCCC(=O)[O-].CCCCCCCCCCCC(=O)[O-].[V]. The van der Waals surface area contributed by atoms with Crippen LogP contribution >= 0.6 is 0 Å². The second kappa shape index (κ2) is 76.8. The summed E-state index contributed by atoms with van der Waals surface area (Å²) in [7, 11) is 0. The molecule has 0 unspecified atom stereocenters. The Balaban J connectivity index is -0.000000185. The maximum atomic E-state index is 10.1.